The van der Waals surface area contributed by atoms with E-state index in [0.717, 1.165) is 11.1 Å². The lowest BCUT2D eigenvalue weighted by molar-refractivity contribution is -0.122. The second kappa shape index (κ2) is 7.43. The van der Waals surface area contributed by atoms with Crippen LogP contribution in [0.2, 0.25) is 5.02 Å². The molecule has 2 aromatic carbocycles. The van der Waals surface area contributed by atoms with Crippen molar-refractivity contribution in [3.8, 4) is 11.5 Å². The number of rotatable bonds is 3. The van der Waals surface area contributed by atoms with Gasteiger partial charge in [0, 0.05) is 11.6 Å². The molecule has 5 nitrogen and oxygen atoms in total. The van der Waals surface area contributed by atoms with Crippen LogP contribution < -0.4 is 10.6 Å². The average molecular weight is 388 g/mol. The minimum absolute atomic E-state index is 0.147. The Morgan fingerprint density at radius 3 is 2.73 bits per heavy atom. The largest absolute Gasteiger partial charge is 0.436 e. The van der Waals surface area contributed by atoms with Gasteiger partial charge in [-0.05, 0) is 55.0 Å². The standard InChI is InChI=1S/C19H18ClN3O2S/c1-10(2)17(24)23-19(26)21-12-5-6-14(20)13(9-12)18-22-15-7-4-11(3)8-16(15)25-18/h4-10H,1-3H3,(H2,21,23,24,26). The maximum absolute atomic E-state index is 11.7. The summed E-state index contributed by atoms with van der Waals surface area (Å²) >= 11 is 11.5. The summed E-state index contributed by atoms with van der Waals surface area (Å²) in [5.41, 5.74) is 3.88. The number of anilines is 1. The molecule has 0 aliphatic carbocycles. The van der Waals surface area contributed by atoms with Crippen LogP contribution in [0.15, 0.2) is 40.8 Å². The molecular formula is C19H18ClN3O2S. The normalized spacial score (nSPS) is 11.0. The Labute approximate surface area is 161 Å². The van der Waals surface area contributed by atoms with E-state index in [0.29, 0.717) is 27.7 Å². The Morgan fingerprint density at radius 1 is 1.23 bits per heavy atom. The quantitative estimate of drug-likeness (QED) is 0.624. The van der Waals surface area contributed by atoms with Gasteiger partial charge in [0.25, 0.3) is 0 Å². The molecule has 2 N–H and O–H groups in total. The highest BCUT2D eigenvalue weighted by Crippen LogP contribution is 2.32. The van der Waals surface area contributed by atoms with Gasteiger partial charge >= 0.3 is 0 Å². The Morgan fingerprint density at radius 2 is 2.00 bits per heavy atom. The highest BCUT2D eigenvalue weighted by Gasteiger charge is 2.14. The first-order valence-electron chi connectivity index (χ1n) is 8.12. The molecule has 134 valence electrons. The molecule has 0 fully saturated rings. The number of halogens is 1. The molecule has 1 heterocycles. The van der Waals surface area contributed by atoms with E-state index in [1.165, 1.54) is 0 Å². The average Bonchev–Trinajstić information content (AvgIpc) is 2.99. The summed E-state index contributed by atoms with van der Waals surface area (Å²) in [5, 5.41) is 6.36. The van der Waals surface area contributed by atoms with Gasteiger partial charge in [0.15, 0.2) is 10.7 Å². The summed E-state index contributed by atoms with van der Waals surface area (Å²) in [7, 11) is 0. The van der Waals surface area contributed by atoms with Gasteiger partial charge in [-0.1, -0.05) is 31.5 Å². The van der Waals surface area contributed by atoms with Gasteiger partial charge in [0.05, 0.1) is 10.6 Å². The number of benzene rings is 2. The number of hydrogen-bond donors (Lipinski definition) is 2. The molecule has 0 atom stereocenters. The van der Waals surface area contributed by atoms with E-state index < -0.39 is 0 Å². The summed E-state index contributed by atoms with van der Waals surface area (Å²) in [5.74, 6) is 0.126. The molecule has 0 bridgehead atoms. The molecule has 0 aliphatic heterocycles. The molecule has 3 rings (SSSR count). The maximum Gasteiger partial charge on any atom is 0.228 e. The first-order valence-corrected chi connectivity index (χ1v) is 8.91. The molecule has 1 amide bonds. The Balaban J connectivity index is 1.87. The topological polar surface area (TPSA) is 67.2 Å². The predicted molar refractivity (Wildman–Crippen MR) is 108 cm³/mol. The number of aryl methyl sites for hydroxylation is 1. The number of nitrogens with one attached hydrogen (secondary N) is 2. The summed E-state index contributed by atoms with van der Waals surface area (Å²) in [6.45, 7) is 5.59. The third-order valence-corrected chi connectivity index (χ3v) is 4.29. The lowest BCUT2D eigenvalue weighted by Gasteiger charge is -2.12. The Bertz CT molecular complexity index is 998. The third-order valence-electron chi connectivity index (χ3n) is 3.76. The number of nitrogens with zero attached hydrogens (tertiary/aromatic N) is 1. The van der Waals surface area contributed by atoms with Crippen LogP contribution in [-0.4, -0.2) is 16.0 Å². The lowest BCUT2D eigenvalue weighted by Crippen LogP contribution is -2.36. The van der Waals surface area contributed by atoms with Crippen molar-refractivity contribution in [1.82, 2.24) is 10.3 Å². The molecule has 0 saturated heterocycles. The van der Waals surface area contributed by atoms with E-state index in [1.54, 1.807) is 32.0 Å². The summed E-state index contributed by atoms with van der Waals surface area (Å²) in [6.07, 6.45) is 0. The second-order valence-corrected chi connectivity index (χ2v) is 7.10. The highest BCUT2D eigenvalue weighted by atomic mass is 35.5. The Kier molecular flexibility index (Phi) is 5.25. The van der Waals surface area contributed by atoms with E-state index in [-0.39, 0.29) is 16.9 Å². The number of carbonyl (C=O) groups is 1. The number of aromatic nitrogens is 1. The fourth-order valence-corrected chi connectivity index (χ4v) is 2.75. The van der Waals surface area contributed by atoms with Gasteiger partial charge in [0.1, 0.15) is 5.52 Å². The summed E-state index contributed by atoms with van der Waals surface area (Å²) < 4.78 is 5.85. The van der Waals surface area contributed by atoms with E-state index >= 15 is 0 Å². The highest BCUT2D eigenvalue weighted by molar-refractivity contribution is 7.80. The van der Waals surface area contributed by atoms with Crippen molar-refractivity contribution in [2.24, 2.45) is 5.92 Å². The lowest BCUT2D eigenvalue weighted by atomic mass is 10.2. The second-order valence-electron chi connectivity index (χ2n) is 6.28. The number of thiocarbonyl (C=S) groups is 1. The first kappa shape index (κ1) is 18.4. The summed E-state index contributed by atoms with van der Waals surface area (Å²) in [4.78, 5) is 16.2. The number of oxazole rings is 1. The van der Waals surface area contributed by atoms with Crippen LogP contribution in [0.25, 0.3) is 22.6 Å². The van der Waals surface area contributed by atoms with Gasteiger partial charge in [-0.15, -0.1) is 0 Å². The molecule has 0 radical (unpaired) electrons. The van der Waals surface area contributed by atoms with Gasteiger partial charge in [-0.25, -0.2) is 4.98 Å². The van der Waals surface area contributed by atoms with Crippen molar-refractivity contribution < 1.29 is 9.21 Å². The molecule has 7 heteroatoms. The minimum atomic E-state index is -0.154. The van der Waals surface area contributed by atoms with Gasteiger partial charge in [-0.2, -0.15) is 0 Å². The number of fused-ring (bicyclic) bond motifs is 1. The monoisotopic (exact) mass is 387 g/mol. The van der Waals surface area contributed by atoms with E-state index in [4.69, 9.17) is 28.2 Å². The predicted octanol–water partition coefficient (Wildman–Crippen LogP) is 4.93. The molecule has 3 aromatic rings. The van der Waals surface area contributed by atoms with Gasteiger partial charge in [-0.3, -0.25) is 4.79 Å². The number of hydrogen-bond acceptors (Lipinski definition) is 4. The Hall–Kier alpha value is -2.44. The van der Waals surface area contributed by atoms with Gasteiger partial charge < -0.3 is 15.1 Å². The SMILES string of the molecule is Cc1ccc2nc(-c3cc(NC(=S)NC(=O)C(C)C)ccc3Cl)oc2c1. The minimum Gasteiger partial charge on any atom is -0.436 e. The third kappa shape index (κ3) is 4.03. The van der Waals surface area contributed by atoms with Crippen molar-refractivity contribution >= 4 is 51.6 Å². The van der Waals surface area contributed by atoms with Crippen LogP contribution in [0, 0.1) is 12.8 Å². The molecule has 26 heavy (non-hydrogen) atoms. The fourth-order valence-electron chi connectivity index (χ4n) is 2.33. The van der Waals surface area contributed by atoms with E-state index in [9.17, 15) is 4.79 Å². The zero-order chi connectivity index (χ0) is 18.8. The van der Waals surface area contributed by atoms with E-state index in [1.807, 2.05) is 25.1 Å². The number of amides is 1. The van der Waals surface area contributed by atoms with Crippen LogP contribution >= 0.6 is 23.8 Å². The molecule has 0 aliphatic rings. The number of carbonyl (C=O) groups excluding carboxylic acids is 1. The fraction of sp³-hybridized carbons (Fsp3) is 0.211. The zero-order valence-electron chi connectivity index (χ0n) is 14.6. The van der Waals surface area contributed by atoms with Gasteiger partial charge in [0.2, 0.25) is 11.8 Å². The van der Waals surface area contributed by atoms with Crippen LogP contribution in [-0.2, 0) is 4.79 Å². The molecule has 0 saturated carbocycles. The van der Waals surface area contributed by atoms with E-state index in [2.05, 4.69) is 15.6 Å². The zero-order valence-corrected chi connectivity index (χ0v) is 16.2. The maximum atomic E-state index is 11.7. The van der Waals surface area contributed by atoms with Crippen LogP contribution in [0.1, 0.15) is 19.4 Å². The molecule has 0 spiro atoms. The first-order chi connectivity index (χ1) is 12.3. The van der Waals surface area contributed by atoms with Crippen LogP contribution in [0.5, 0.6) is 0 Å². The van der Waals surface area contributed by atoms with Crippen molar-refractivity contribution in [2.75, 3.05) is 5.32 Å². The van der Waals surface area contributed by atoms with Crippen molar-refractivity contribution in [1.29, 1.82) is 0 Å². The molecule has 0 unspecified atom stereocenters. The van der Waals surface area contributed by atoms with Crippen molar-refractivity contribution in [2.45, 2.75) is 20.8 Å². The molecular weight excluding hydrogens is 370 g/mol. The smallest absolute Gasteiger partial charge is 0.228 e. The molecule has 1 aromatic heterocycles. The van der Waals surface area contributed by atoms with Crippen LogP contribution in [0.3, 0.4) is 0 Å². The van der Waals surface area contributed by atoms with Crippen LogP contribution in [0.4, 0.5) is 5.69 Å². The van der Waals surface area contributed by atoms with Crippen molar-refractivity contribution in [3.63, 3.8) is 0 Å². The van der Waals surface area contributed by atoms with Crippen molar-refractivity contribution in [3.05, 3.63) is 47.0 Å². The summed E-state index contributed by atoms with van der Waals surface area (Å²) in [6, 6.07) is 11.1.